The van der Waals surface area contributed by atoms with Gasteiger partial charge in [0.2, 0.25) is 0 Å². The van der Waals surface area contributed by atoms with Gasteiger partial charge in [0, 0.05) is 30.0 Å². The van der Waals surface area contributed by atoms with Gasteiger partial charge in [-0.25, -0.2) is 4.98 Å². The third kappa shape index (κ3) is 1.89. The van der Waals surface area contributed by atoms with Crippen molar-refractivity contribution in [2.45, 2.75) is 13.5 Å². The van der Waals surface area contributed by atoms with Gasteiger partial charge in [-0.1, -0.05) is 0 Å². The first-order chi connectivity index (χ1) is 8.22. The van der Waals surface area contributed by atoms with Crippen molar-refractivity contribution in [3.63, 3.8) is 0 Å². The maximum absolute atomic E-state index is 11.7. The number of aromatic nitrogens is 3. The predicted octanol–water partition coefficient (Wildman–Crippen LogP) is 1.91. The molecule has 17 heavy (non-hydrogen) atoms. The second kappa shape index (κ2) is 3.85. The summed E-state index contributed by atoms with van der Waals surface area (Å²) in [4.78, 5) is 17.1. The summed E-state index contributed by atoms with van der Waals surface area (Å²) in [5.41, 5.74) is 1.90. The highest BCUT2D eigenvalue weighted by molar-refractivity contribution is 7.15. The molecule has 3 aromatic rings. The Morgan fingerprint density at radius 3 is 3.06 bits per heavy atom. The molecule has 0 radical (unpaired) electrons. The second-order valence-corrected chi connectivity index (χ2v) is 4.87. The first kappa shape index (κ1) is 10.3. The van der Waals surface area contributed by atoms with Crippen molar-refractivity contribution in [1.82, 2.24) is 14.0 Å². The molecule has 0 saturated carbocycles. The maximum Gasteiger partial charge on any atom is 0.251 e. The van der Waals surface area contributed by atoms with E-state index in [1.54, 1.807) is 22.0 Å². The molecule has 0 N–H and O–H groups in total. The monoisotopic (exact) mass is 245 g/mol. The Bertz CT molecular complexity index is 694. The normalized spacial score (nSPS) is 11.1. The van der Waals surface area contributed by atoms with E-state index in [1.165, 1.54) is 0 Å². The molecule has 0 aliphatic carbocycles. The Morgan fingerprint density at radius 1 is 1.41 bits per heavy atom. The lowest BCUT2D eigenvalue weighted by Crippen LogP contribution is -2.19. The molecular weight excluding hydrogens is 234 g/mol. The number of pyridine rings is 1. The van der Waals surface area contributed by atoms with Gasteiger partial charge in [0.1, 0.15) is 0 Å². The summed E-state index contributed by atoms with van der Waals surface area (Å²) in [5, 5.41) is 1.99. The van der Waals surface area contributed by atoms with Crippen LogP contribution in [-0.4, -0.2) is 14.0 Å². The average molecular weight is 245 g/mol. The Morgan fingerprint density at radius 2 is 2.29 bits per heavy atom. The molecule has 3 rings (SSSR count). The van der Waals surface area contributed by atoms with E-state index in [0.29, 0.717) is 6.54 Å². The molecule has 0 spiro atoms. The molecule has 0 atom stereocenters. The minimum Gasteiger partial charge on any atom is -0.309 e. The van der Waals surface area contributed by atoms with Crippen LogP contribution in [0.3, 0.4) is 0 Å². The van der Waals surface area contributed by atoms with Crippen molar-refractivity contribution < 1.29 is 0 Å². The smallest absolute Gasteiger partial charge is 0.251 e. The SMILES string of the molecule is Cc1ccn(Cc2cn3ccsc3n2)c(=O)c1. The van der Waals surface area contributed by atoms with Gasteiger partial charge in [-0.15, -0.1) is 11.3 Å². The topological polar surface area (TPSA) is 39.3 Å². The van der Waals surface area contributed by atoms with Crippen LogP contribution in [0, 0.1) is 6.92 Å². The quantitative estimate of drug-likeness (QED) is 0.692. The molecule has 86 valence electrons. The molecule has 0 amide bonds. The van der Waals surface area contributed by atoms with Crippen LogP contribution in [0.25, 0.3) is 4.96 Å². The summed E-state index contributed by atoms with van der Waals surface area (Å²) in [5.74, 6) is 0. The van der Waals surface area contributed by atoms with Crippen LogP contribution in [0.1, 0.15) is 11.3 Å². The Balaban J connectivity index is 1.96. The van der Waals surface area contributed by atoms with Crippen LogP contribution in [0.15, 0.2) is 40.9 Å². The average Bonchev–Trinajstić information content (AvgIpc) is 2.82. The van der Waals surface area contributed by atoms with Crippen LogP contribution < -0.4 is 5.56 Å². The maximum atomic E-state index is 11.7. The van der Waals surface area contributed by atoms with E-state index >= 15 is 0 Å². The van der Waals surface area contributed by atoms with E-state index in [1.807, 2.05) is 41.4 Å². The van der Waals surface area contributed by atoms with Crippen LogP contribution in [-0.2, 0) is 6.54 Å². The van der Waals surface area contributed by atoms with Crippen LogP contribution in [0.5, 0.6) is 0 Å². The molecule has 4 nitrogen and oxygen atoms in total. The fourth-order valence-corrected chi connectivity index (χ4v) is 2.48. The lowest BCUT2D eigenvalue weighted by atomic mass is 10.3. The second-order valence-electron chi connectivity index (χ2n) is 4.00. The minimum atomic E-state index is 0.0151. The Hall–Kier alpha value is -1.88. The molecule has 3 heterocycles. The zero-order valence-corrected chi connectivity index (χ0v) is 10.1. The molecule has 5 heteroatoms. The van der Waals surface area contributed by atoms with E-state index in [-0.39, 0.29) is 5.56 Å². The molecule has 0 unspecified atom stereocenters. The first-order valence-electron chi connectivity index (χ1n) is 5.30. The van der Waals surface area contributed by atoms with Crippen molar-refractivity contribution in [1.29, 1.82) is 0 Å². The number of hydrogen-bond acceptors (Lipinski definition) is 3. The largest absolute Gasteiger partial charge is 0.309 e. The van der Waals surface area contributed by atoms with Gasteiger partial charge in [-0.2, -0.15) is 0 Å². The standard InChI is InChI=1S/C12H11N3OS/c1-9-2-3-14(11(16)6-9)7-10-8-15-4-5-17-12(15)13-10/h2-6,8H,7H2,1H3. The van der Waals surface area contributed by atoms with Gasteiger partial charge >= 0.3 is 0 Å². The number of thiazole rings is 1. The van der Waals surface area contributed by atoms with Gasteiger partial charge in [0.15, 0.2) is 4.96 Å². The number of imidazole rings is 1. The molecule has 0 fully saturated rings. The van der Waals surface area contributed by atoms with Crippen LogP contribution in [0.2, 0.25) is 0 Å². The van der Waals surface area contributed by atoms with Crippen molar-refractivity contribution >= 4 is 16.3 Å². The third-order valence-electron chi connectivity index (χ3n) is 2.63. The van der Waals surface area contributed by atoms with E-state index < -0.39 is 0 Å². The fourth-order valence-electron chi connectivity index (χ4n) is 1.76. The zero-order valence-electron chi connectivity index (χ0n) is 9.33. The summed E-state index contributed by atoms with van der Waals surface area (Å²) in [6, 6.07) is 3.57. The van der Waals surface area contributed by atoms with Crippen molar-refractivity contribution in [2.75, 3.05) is 0 Å². The molecular formula is C12H11N3OS. The van der Waals surface area contributed by atoms with E-state index in [4.69, 9.17) is 0 Å². The number of nitrogens with zero attached hydrogens (tertiary/aromatic N) is 3. The summed E-state index contributed by atoms with van der Waals surface area (Å²) in [6.07, 6.45) is 5.73. The van der Waals surface area contributed by atoms with E-state index in [0.717, 1.165) is 16.2 Å². The summed E-state index contributed by atoms with van der Waals surface area (Å²) >= 11 is 1.59. The van der Waals surface area contributed by atoms with Crippen molar-refractivity contribution in [3.05, 3.63) is 57.7 Å². The number of fused-ring (bicyclic) bond motifs is 1. The van der Waals surface area contributed by atoms with Gasteiger partial charge in [-0.3, -0.25) is 9.20 Å². The van der Waals surface area contributed by atoms with Crippen LogP contribution in [0.4, 0.5) is 0 Å². The summed E-state index contributed by atoms with van der Waals surface area (Å²) in [7, 11) is 0. The van der Waals surface area contributed by atoms with Crippen molar-refractivity contribution in [3.8, 4) is 0 Å². The number of rotatable bonds is 2. The minimum absolute atomic E-state index is 0.0151. The van der Waals surface area contributed by atoms with E-state index in [2.05, 4.69) is 4.98 Å². The number of hydrogen-bond donors (Lipinski definition) is 0. The van der Waals surface area contributed by atoms with Gasteiger partial charge in [0.05, 0.1) is 12.2 Å². The Labute approximate surface area is 102 Å². The van der Waals surface area contributed by atoms with Crippen LogP contribution >= 0.6 is 11.3 Å². The molecule has 0 aliphatic heterocycles. The van der Waals surface area contributed by atoms with Gasteiger partial charge < -0.3 is 4.57 Å². The highest BCUT2D eigenvalue weighted by atomic mass is 32.1. The summed E-state index contributed by atoms with van der Waals surface area (Å²) in [6.45, 7) is 2.44. The number of aryl methyl sites for hydroxylation is 1. The molecule has 0 aromatic carbocycles. The van der Waals surface area contributed by atoms with Gasteiger partial charge in [0.25, 0.3) is 5.56 Å². The fraction of sp³-hybridized carbons (Fsp3) is 0.167. The predicted molar refractivity (Wildman–Crippen MR) is 67.6 cm³/mol. The van der Waals surface area contributed by atoms with E-state index in [9.17, 15) is 4.79 Å². The highest BCUT2D eigenvalue weighted by Crippen LogP contribution is 2.11. The lowest BCUT2D eigenvalue weighted by Gasteiger charge is -2.02. The summed E-state index contributed by atoms with van der Waals surface area (Å²) < 4.78 is 3.64. The Kier molecular flexibility index (Phi) is 2.33. The van der Waals surface area contributed by atoms with Gasteiger partial charge in [-0.05, 0) is 18.6 Å². The van der Waals surface area contributed by atoms with Crippen molar-refractivity contribution in [2.24, 2.45) is 0 Å². The lowest BCUT2D eigenvalue weighted by molar-refractivity contribution is 0.742. The highest BCUT2D eigenvalue weighted by Gasteiger charge is 2.04. The zero-order chi connectivity index (χ0) is 11.8. The first-order valence-corrected chi connectivity index (χ1v) is 6.18. The molecule has 0 aliphatic rings. The molecule has 0 bridgehead atoms. The third-order valence-corrected chi connectivity index (χ3v) is 3.40. The molecule has 0 saturated heterocycles. The molecule has 3 aromatic heterocycles.